The summed E-state index contributed by atoms with van der Waals surface area (Å²) in [5.41, 5.74) is 0. The van der Waals surface area contributed by atoms with Crippen molar-refractivity contribution >= 4 is 14.0 Å². The van der Waals surface area contributed by atoms with Crippen molar-refractivity contribution in [2.45, 2.75) is 0 Å². The fraction of sp³-hybridized carbons (Fsp3) is 0. The standard InChI is InChI=1S/C4H5N.CH2B.2FH/c1-2-4-5-3-1;1-2;;/h1-5H;1H2;2*1H. The number of hydrogen-bond acceptors (Lipinski definition) is 0. The van der Waals surface area contributed by atoms with E-state index in [4.69, 9.17) is 0 Å². The number of H-pyrrole nitrogens is 1. The number of halogens is 2. The molecule has 4 heteroatoms. The monoisotopic (exact) mass is 132 g/mol. The van der Waals surface area contributed by atoms with Crippen molar-refractivity contribution < 1.29 is 9.41 Å². The SMILES string of the molecule is F.F.[B]=C.c1cc[nH]c1. The number of aromatic nitrogens is 1. The fourth-order valence-electron chi connectivity index (χ4n) is 0.278. The Balaban J connectivity index is -0.0000000836. The quantitative estimate of drug-likeness (QED) is 0.505. The second kappa shape index (κ2) is 15.7. The molecule has 1 aromatic rings. The Morgan fingerprint density at radius 3 is 1.44 bits per heavy atom. The molecular formula is C5H9BF2N. The summed E-state index contributed by atoms with van der Waals surface area (Å²) in [7, 11) is 4.25. The van der Waals surface area contributed by atoms with Crippen LogP contribution in [0.2, 0.25) is 0 Å². The van der Waals surface area contributed by atoms with Gasteiger partial charge in [-0.15, -0.1) is 0 Å². The first-order chi connectivity index (χ1) is 3.50. The number of rotatable bonds is 0. The molecule has 1 heterocycles. The van der Waals surface area contributed by atoms with Gasteiger partial charge in [0.05, 0.1) is 0 Å². The van der Waals surface area contributed by atoms with Crippen molar-refractivity contribution in [2.24, 2.45) is 0 Å². The topological polar surface area (TPSA) is 15.8 Å². The minimum atomic E-state index is 0. The van der Waals surface area contributed by atoms with E-state index >= 15 is 0 Å². The maximum absolute atomic E-state index is 4.25. The van der Waals surface area contributed by atoms with E-state index in [-0.39, 0.29) is 9.41 Å². The summed E-state index contributed by atoms with van der Waals surface area (Å²) in [6.45, 7) is 2.75. The Bertz CT molecular complexity index is 81.9. The molecule has 0 saturated heterocycles. The molecule has 1 rings (SSSR count). The van der Waals surface area contributed by atoms with Crippen molar-refractivity contribution in [3.8, 4) is 0 Å². The van der Waals surface area contributed by atoms with Crippen LogP contribution in [0.5, 0.6) is 0 Å². The van der Waals surface area contributed by atoms with Crippen LogP contribution in [0.4, 0.5) is 9.41 Å². The van der Waals surface area contributed by atoms with E-state index in [9.17, 15) is 0 Å². The molecule has 0 aliphatic carbocycles. The van der Waals surface area contributed by atoms with Crippen LogP contribution < -0.4 is 0 Å². The van der Waals surface area contributed by atoms with Crippen molar-refractivity contribution in [1.82, 2.24) is 4.98 Å². The molecule has 0 unspecified atom stereocenters. The molecule has 0 fully saturated rings. The predicted molar refractivity (Wildman–Crippen MR) is 38.7 cm³/mol. The van der Waals surface area contributed by atoms with E-state index in [1.165, 1.54) is 0 Å². The molecule has 51 valence electrons. The molecule has 1 radical (unpaired) electrons. The molecule has 1 N–H and O–H groups in total. The Labute approximate surface area is 53.9 Å². The zero-order valence-electron chi connectivity index (χ0n) is 4.91. The van der Waals surface area contributed by atoms with Crippen LogP contribution in [0.25, 0.3) is 0 Å². The average Bonchev–Trinajstić information content (AvgIpc) is 2.23. The van der Waals surface area contributed by atoms with Gasteiger partial charge in [-0.1, -0.05) is 0 Å². The van der Waals surface area contributed by atoms with Gasteiger partial charge in [0.25, 0.3) is 0 Å². The van der Waals surface area contributed by atoms with E-state index in [0.29, 0.717) is 0 Å². The van der Waals surface area contributed by atoms with Crippen molar-refractivity contribution in [2.75, 3.05) is 0 Å². The van der Waals surface area contributed by atoms with Gasteiger partial charge in [-0.25, -0.2) is 0 Å². The van der Waals surface area contributed by atoms with Gasteiger partial charge in [0, 0.05) is 12.4 Å². The molecule has 0 bridgehead atoms. The summed E-state index contributed by atoms with van der Waals surface area (Å²) < 4.78 is 0. The minimum absolute atomic E-state index is 0. The molecule has 0 atom stereocenters. The molecule has 0 aliphatic rings. The number of hydrogen-bond donors (Lipinski definition) is 1. The Kier molecular flexibility index (Phi) is 27.4. The summed E-state index contributed by atoms with van der Waals surface area (Å²) in [4.78, 5) is 2.86. The second-order valence-corrected chi connectivity index (χ2v) is 0.885. The molecule has 0 amide bonds. The molecular weight excluding hydrogens is 123 g/mol. The molecule has 1 aromatic heterocycles. The van der Waals surface area contributed by atoms with Crippen LogP contribution in [0, 0.1) is 0 Å². The maximum Gasteiger partial charge on any atom is 0.000496 e. The number of nitrogens with one attached hydrogen (secondary N) is 1. The molecule has 0 saturated carbocycles. The van der Waals surface area contributed by atoms with Gasteiger partial charge in [0.1, 0.15) is 0 Å². The van der Waals surface area contributed by atoms with Gasteiger partial charge < -0.3 is 4.98 Å². The third-order valence-corrected chi connectivity index (χ3v) is 0.496. The van der Waals surface area contributed by atoms with Crippen LogP contribution in [0.1, 0.15) is 0 Å². The van der Waals surface area contributed by atoms with Gasteiger partial charge in [-0.05, 0) is 12.1 Å². The minimum Gasteiger partial charge on any atom is -0.368 e. The normalized spacial score (nSPS) is 4.78. The van der Waals surface area contributed by atoms with Crippen LogP contribution >= 0.6 is 0 Å². The van der Waals surface area contributed by atoms with E-state index in [1.807, 2.05) is 24.5 Å². The first-order valence-corrected chi connectivity index (χ1v) is 1.99. The van der Waals surface area contributed by atoms with Crippen molar-refractivity contribution in [1.29, 1.82) is 0 Å². The third-order valence-electron chi connectivity index (χ3n) is 0.496. The van der Waals surface area contributed by atoms with Gasteiger partial charge >= 0.3 is 14.0 Å². The summed E-state index contributed by atoms with van der Waals surface area (Å²) in [6, 6.07) is 3.89. The van der Waals surface area contributed by atoms with Gasteiger partial charge in [0.2, 0.25) is 0 Å². The largest absolute Gasteiger partial charge is 0.368 e. The first-order valence-electron chi connectivity index (χ1n) is 1.99. The van der Waals surface area contributed by atoms with Crippen LogP contribution in [0.15, 0.2) is 24.5 Å². The van der Waals surface area contributed by atoms with E-state index in [2.05, 4.69) is 18.9 Å². The van der Waals surface area contributed by atoms with Gasteiger partial charge in [0.15, 0.2) is 0 Å². The van der Waals surface area contributed by atoms with E-state index in [1.54, 1.807) is 0 Å². The van der Waals surface area contributed by atoms with Crippen LogP contribution in [-0.2, 0) is 0 Å². The van der Waals surface area contributed by atoms with E-state index < -0.39 is 0 Å². The van der Waals surface area contributed by atoms with E-state index in [0.717, 1.165) is 0 Å². The molecule has 0 aliphatic heterocycles. The smallest absolute Gasteiger partial charge is 0.000496 e. The molecule has 0 aromatic carbocycles. The van der Waals surface area contributed by atoms with Gasteiger partial charge in [-0.2, -0.15) is 0 Å². The predicted octanol–water partition coefficient (Wildman–Crippen LogP) is 0.907. The summed E-state index contributed by atoms with van der Waals surface area (Å²) >= 11 is 0. The molecule has 9 heavy (non-hydrogen) atoms. The van der Waals surface area contributed by atoms with Gasteiger partial charge in [-0.3, -0.25) is 9.41 Å². The summed E-state index contributed by atoms with van der Waals surface area (Å²) in [6.07, 6.45) is 3.75. The average molecular weight is 132 g/mol. The van der Waals surface area contributed by atoms with Crippen molar-refractivity contribution in [3.63, 3.8) is 0 Å². The van der Waals surface area contributed by atoms with Crippen molar-refractivity contribution in [3.05, 3.63) is 24.5 Å². The fourth-order valence-corrected chi connectivity index (χ4v) is 0.278. The third kappa shape index (κ3) is 11.0. The molecule has 0 spiro atoms. The Morgan fingerprint density at radius 1 is 1.00 bits per heavy atom. The Hall–Kier alpha value is -0.925. The number of aromatic amines is 1. The first kappa shape index (κ1) is 15.7. The summed E-state index contributed by atoms with van der Waals surface area (Å²) in [5, 5.41) is 0. The van der Waals surface area contributed by atoms with Crippen LogP contribution in [0.3, 0.4) is 0 Å². The maximum atomic E-state index is 4.25. The summed E-state index contributed by atoms with van der Waals surface area (Å²) in [5.74, 6) is 0. The zero-order valence-corrected chi connectivity index (χ0v) is 4.91. The Morgan fingerprint density at radius 2 is 1.33 bits per heavy atom. The second-order valence-electron chi connectivity index (χ2n) is 0.885. The zero-order chi connectivity index (χ0) is 5.54. The molecule has 1 nitrogen and oxygen atoms in total. The van der Waals surface area contributed by atoms with Crippen LogP contribution in [-0.4, -0.2) is 18.9 Å².